The fraction of sp³-hybridized carbons (Fsp3) is 0.118. The zero-order valence-electron chi connectivity index (χ0n) is 13.7. The molecule has 0 unspecified atom stereocenters. The van der Waals surface area contributed by atoms with Crippen LogP contribution in [0.2, 0.25) is 0 Å². The second-order valence-electron chi connectivity index (χ2n) is 5.18. The van der Waals surface area contributed by atoms with Crippen molar-refractivity contribution in [1.29, 1.82) is 0 Å². The van der Waals surface area contributed by atoms with Crippen LogP contribution in [0.15, 0.2) is 58.1 Å². The van der Waals surface area contributed by atoms with Gasteiger partial charge in [0.05, 0.1) is 17.9 Å². The second-order valence-corrected chi connectivity index (χ2v) is 5.57. The van der Waals surface area contributed by atoms with Gasteiger partial charge in [-0.15, -0.1) is 0 Å². The zero-order valence-corrected chi connectivity index (χ0v) is 14.5. The summed E-state index contributed by atoms with van der Waals surface area (Å²) in [5.41, 5.74) is 0.0182. The molecule has 0 saturated carbocycles. The van der Waals surface area contributed by atoms with Crippen molar-refractivity contribution in [2.45, 2.75) is 6.92 Å². The number of rotatable bonds is 4. The number of amides is 1. The highest BCUT2D eigenvalue weighted by atomic mass is 32.1. The standard InChI is InChI=1S/C17H14N4O4S/c1-2-25-16(24)14-12(10-20-9-8-13(22)18-17(20)26)15(23)21(19-14)11-6-4-3-5-7-11/h3-10H,2H2,1H3,(H,18,22,26)/b12-10-. The Hall–Kier alpha value is -3.33. The summed E-state index contributed by atoms with van der Waals surface area (Å²) < 4.78 is 6.43. The van der Waals surface area contributed by atoms with E-state index in [-0.39, 0.29) is 28.2 Å². The largest absolute Gasteiger partial charge is 0.461 e. The Morgan fingerprint density at radius 3 is 2.65 bits per heavy atom. The maximum absolute atomic E-state index is 12.8. The van der Waals surface area contributed by atoms with Gasteiger partial charge in [0.2, 0.25) is 0 Å². The first-order valence-electron chi connectivity index (χ1n) is 7.70. The minimum Gasteiger partial charge on any atom is -0.461 e. The van der Waals surface area contributed by atoms with Crippen LogP contribution >= 0.6 is 12.2 Å². The van der Waals surface area contributed by atoms with Crippen molar-refractivity contribution in [2.75, 3.05) is 11.6 Å². The predicted molar refractivity (Wildman–Crippen MR) is 98.2 cm³/mol. The number of hydrogen-bond acceptors (Lipinski definition) is 6. The topological polar surface area (TPSA) is 96.8 Å². The molecule has 0 atom stereocenters. The minimum absolute atomic E-state index is 0.00968. The fourth-order valence-electron chi connectivity index (χ4n) is 2.29. The number of carbonyl (C=O) groups is 2. The average molecular weight is 370 g/mol. The number of ether oxygens (including phenoxy) is 1. The second kappa shape index (κ2) is 7.28. The first-order chi connectivity index (χ1) is 12.5. The molecule has 26 heavy (non-hydrogen) atoms. The van der Waals surface area contributed by atoms with Crippen molar-refractivity contribution >= 4 is 41.7 Å². The van der Waals surface area contributed by atoms with Gasteiger partial charge in [0, 0.05) is 18.5 Å². The SMILES string of the molecule is CCOC(=O)C1=NN(c2ccccc2)C(=O)/C1=C\n1ccc(=O)[nH]c1=S. The first kappa shape index (κ1) is 17.5. The number of nitrogens with zero attached hydrogens (tertiary/aromatic N) is 3. The van der Waals surface area contributed by atoms with Crippen LogP contribution in [0.3, 0.4) is 0 Å². The van der Waals surface area contributed by atoms with Crippen molar-refractivity contribution < 1.29 is 14.3 Å². The molecule has 0 bridgehead atoms. The number of hydrazone groups is 1. The van der Waals surface area contributed by atoms with E-state index in [0.29, 0.717) is 5.69 Å². The van der Waals surface area contributed by atoms with Crippen LogP contribution in [0.5, 0.6) is 0 Å². The number of aromatic nitrogens is 2. The van der Waals surface area contributed by atoms with Gasteiger partial charge in [-0.3, -0.25) is 19.1 Å². The molecule has 2 heterocycles. The molecule has 8 nitrogen and oxygen atoms in total. The molecular formula is C17H14N4O4S. The predicted octanol–water partition coefficient (Wildman–Crippen LogP) is 1.71. The molecule has 3 rings (SSSR count). The third kappa shape index (κ3) is 3.38. The summed E-state index contributed by atoms with van der Waals surface area (Å²) in [6, 6.07) is 9.94. The van der Waals surface area contributed by atoms with Crippen molar-refractivity contribution in [3.8, 4) is 0 Å². The van der Waals surface area contributed by atoms with Crippen LogP contribution in [0.25, 0.3) is 6.20 Å². The van der Waals surface area contributed by atoms with Gasteiger partial charge in [-0.2, -0.15) is 10.1 Å². The smallest absolute Gasteiger partial charge is 0.359 e. The molecular weight excluding hydrogens is 356 g/mol. The van der Waals surface area contributed by atoms with E-state index in [2.05, 4.69) is 10.1 Å². The quantitative estimate of drug-likeness (QED) is 0.502. The van der Waals surface area contributed by atoms with Crippen LogP contribution in [-0.4, -0.2) is 33.7 Å². The highest BCUT2D eigenvalue weighted by molar-refractivity contribution is 7.71. The number of H-pyrrole nitrogens is 1. The summed E-state index contributed by atoms with van der Waals surface area (Å²) in [7, 11) is 0. The maximum Gasteiger partial charge on any atom is 0.359 e. The van der Waals surface area contributed by atoms with E-state index in [4.69, 9.17) is 17.0 Å². The van der Waals surface area contributed by atoms with Crippen LogP contribution in [0, 0.1) is 4.77 Å². The van der Waals surface area contributed by atoms with E-state index in [1.807, 2.05) is 0 Å². The fourth-order valence-corrected chi connectivity index (χ4v) is 2.51. The molecule has 9 heteroatoms. The molecule has 1 aromatic heterocycles. The van der Waals surface area contributed by atoms with Crippen molar-refractivity contribution in [3.05, 3.63) is 63.3 Å². The summed E-state index contributed by atoms with van der Waals surface area (Å²) in [5, 5.41) is 5.24. The molecule has 1 aliphatic rings. The van der Waals surface area contributed by atoms with Gasteiger partial charge in [-0.05, 0) is 31.3 Å². The number of esters is 1. The summed E-state index contributed by atoms with van der Waals surface area (Å²) >= 11 is 5.07. The summed E-state index contributed by atoms with van der Waals surface area (Å²) in [5.74, 6) is -1.23. The number of anilines is 1. The van der Waals surface area contributed by atoms with Gasteiger partial charge in [-0.25, -0.2) is 4.79 Å². The first-order valence-corrected chi connectivity index (χ1v) is 8.11. The number of nitrogens with one attached hydrogen (secondary N) is 1. The Morgan fingerprint density at radius 1 is 1.27 bits per heavy atom. The Balaban J connectivity index is 2.10. The van der Waals surface area contributed by atoms with E-state index in [9.17, 15) is 14.4 Å². The summed E-state index contributed by atoms with van der Waals surface area (Å²) in [6.45, 7) is 1.80. The number of hydrogen-bond donors (Lipinski definition) is 1. The maximum atomic E-state index is 12.8. The number of benzene rings is 1. The van der Waals surface area contributed by atoms with Crippen LogP contribution < -0.4 is 10.6 Å². The molecule has 0 spiro atoms. The van der Waals surface area contributed by atoms with Gasteiger partial charge in [-0.1, -0.05) is 18.2 Å². The Labute approximate surface area is 153 Å². The van der Waals surface area contributed by atoms with Gasteiger partial charge in [0.1, 0.15) is 0 Å². The number of aromatic amines is 1. The van der Waals surface area contributed by atoms with E-state index < -0.39 is 11.9 Å². The Bertz CT molecular complexity index is 1040. The molecule has 1 N–H and O–H groups in total. The normalized spacial score (nSPS) is 15.3. The molecule has 0 saturated heterocycles. The molecule has 1 amide bonds. The van der Waals surface area contributed by atoms with Crippen molar-refractivity contribution in [3.63, 3.8) is 0 Å². The average Bonchev–Trinajstić information content (AvgIpc) is 2.95. The van der Waals surface area contributed by atoms with Crippen molar-refractivity contribution in [1.82, 2.24) is 9.55 Å². The Morgan fingerprint density at radius 2 is 2.00 bits per heavy atom. The molecule has 132 valence electrons. The molecule has 1 aliphatic heterocycles. The van der Waals surface area contributed by atoms with Crippen LogP contribution in [0.4, 0.5) is 5.69 Å². The monoisotopic (exact) mass is 370 g/mol. The lowest BCUT2D eigenvalue weighted by Crippen LogP contribution is -2.23. The lowest BCUT2D eigenvalue weighted by molar-refractivity contribution is -0.135. The van der Waals surface area contributed by atoms with Gasteiger partial charge < -0.3 is 4.74 Å². The van der Waals surface area contributed by atoms with Crippen molar-refractivity contribution in [2.24, 2.45) is 5.10 Å². The van der Waals surface area contributed by atoms with Crippen LogP contribution in [0.1, 0.15) is 6.92 Å². The van der Waals surface area contributed by atoms with E-state index in [1.54, 1.807) is 37.3 Å². The van der Waals surface area contributed by atoms with E-state index in [0.717, 1.165) is 5.01 Å². The summed E-state index contributed by atoms with van der Waals surface area (Å²) in [4.78, 5) is 38.8. The third-order valence-electron chi connectivity index (χ3n) is 3.47. The number of carbonyl (C=O) groups excluding carboxylic acids is 2. The minimum atomic E-state index is -0.721. The Kier molecular flexibility index (Phi) is 4.90. The number of para-hydroxylation sites is 1. The van der Waals surface area contributed by atoms with Gasteiger partial charge in [0.25, 0.3) is 11.5 Å². The summed E-state index contributed by atoms with van der Waals surface area (Å²) in [6.07, 6.45) is 2.74. The van der Waals surface area contributed by atoms with Gasteiger partial charge in [0.15, 0.2) is 10.5 Å². The molecule has 2 aromatic rings. The van der Waals surface area contributed by atoms with Crippen LogP contribution in [-0.2, 0) is 14.3 Å². The highest BCUT2D eigenvalue weighted by Crippen LogP contribution is 2.24. The highest BCUT2D eigenvalue weighted by Gasteiger charge is 2.36. The van der Waals surface area contributed by atoms with E-state index >= 15 is 0 Å². The lowest BCUT2D eigenvalue weighted by atomic mass is 10.1. The van der Waals surface area contributed by atoms with E-state index in [1.165, 1.54) is 23.0 Å². The third-order valence-corrected chi connectivity index (χ3v) is 3.78. The molecule has 0 fully saturated rings. The molecule has 0 radical (unpaired) electrons. The lowest BCUT2D eigenvalue weighted by Gasteiger charge is -2.10. The van der Waals surface area contributed by atoms with Gasteiger partial charge >= 0.3 is 5.97 Å². The molecule has 1 aromatic carbocycles. The molecule has 0 aliphatic carbocycles. The zero-order chi connectivity index (χ0) is 18.7.